The van der Waals surface area contributed by atoms with Gasteiger partial charge in [-0.2, -0.15) is 11.8 Å². The Morgan fingerprint density at radius 2 is 2.43 bits per heavy atom. The third kappa shape index (κ3) is 4.11. The summed E-state index contributed by atoms with van der Waals surface area (Å²) in [5.74, 6) is 1.14. The van der Waals surface area contributed by atoms with E-state index in [4.69, 9.17) is 11.6 Å². The highest BCUT2D eigenvalue weighted by atomic mass is 79.9. The number of rotatable bonds is 5. The maximum Gasteiger partial charge on any atom is 0.107 e. The number of nitrogens with one attached hydrogen (secondary N) is 1. The average Bonchev–Trinajstić information content (AvgIpc) is 2.44. The van der Waals surface area contributed by atoms with Crippen molar-refractivity contribution in [3.63, 3.8) is 0 Å². The first-order valence-electron chi connectivity index (χ1n) is 4.29. The van der Waals surface area contributed by atoms with E-state index in [0.717, 1.165) is 21.1 Å². The van der Waals surface area contributed by atoms with Gasteiger partial charge in [0.15, 0.2) is 0 Å². The van der Waals surface area contributed by atoms with Crippen molar-refractivity contribution in [3.8, 4) is 0 Å². The van der Waals surface area contributed by atoms with Crippen LogP contribution in [0.1, 0.15) is 11.8 Å². The van der Waals surface area contributed by atoms with Crippen molar-refractivity contribution in [1.29, 1.82) is 0 Å². The molecule has 1 atom stereocenters. The summed E-state index contributed by atoms with van der Waals surface area (Å²) in [5.41, 5.74) is 0. The lowest BCUT2D eigenvalue weighted by Crippen LogP contribution is -2.27. The highest BCUT2D eigenvalue weighted by Crippen LogP contribution is 2.31. The highest BCUT2D eigenvalue weighted by molar-refractivity contribution is 9.10. The highest BCUT2D eigenvalue weighted by Gasteiger charge is 2.05. The van der Waals surface area contributed by atoms with Gasteiger partial charge >= 0.3 is 0 Å². The van der Waals surface area contributed by atoms with Crippen LogP contribution in [0.3, 0.4) is 0 Å². The van der Waals surface area contributed by atoms with Crippen molar-refractivity contribution in [2.45, 2.75) is 19.5 Å². The molecule has 0 saturated heterocycles. The third-order valence-electron chi connectivity index (χ3n) is 1.74. The molecule has 1 N–H and O–H groups in total. The first-order valence-corrected chi connectivity index (χ1v) is 7.67. The molecule has 0 amide bonds. The van der Waals surface area contributed by atoms with Crippen LogP contribution in [0.4, 0.5) is 0 Å². The lowest BCUT2D eigenvalue weighted by molar-refractivity contribution is 0.600. The average molecular weight is 315 g/mol. The summed E-state index contributed by atoms with van der Waals surface area (Å²) in [7, 11) is 0. The Balaban J connectivity index is 2.38. The molecule has 0 fully saturated rings. The summed E-state index contributed by atoms with van der Waals surface area (Å²) in [6.07, 6.45) is 2.12. The molecule has 0 spiro atoms. The Bertz CT molecular complexity index is 271. The van der Waals surface area contributed by atoms with E-state index in [-0.39, 0.29) is 0 Å². The van der Waals surface area contributed by atoms with E-state index in [1.54, 1.807) is 11.3 Å². The smallest absolute Gasteiger partial charge is 0.107 e. The molecule has 1 rings (SSSR count). The van der Waals surface area contributed by atoms with Crippen molar-refractivity contribution in [3.05, 3.63) is 19.8 Å². The van der Waals surface area contributed by atoms with E-state index in [0.29, 0.717) is 6.04 Å². The van der Waals surface area contributed by atoms with Crippen LogP contribution >= 0.6 is 50.6 Å². The van der Waals surface area contributed by atoms with Gasteiger partial charge in [-0.1, -0.05) is 11.6 Å². The molecule has 0 radical (unpaired) electrons. The maximum absolute atomic E-state index is 5.95. The summed E-state index contributed by atoms with van der Waals surface area (Å²) in [5, 5.41) is 3.45. The molecular weight excluding hydrogens is 302 g/mol. The van der Waals surface area contributed by atoms with Gasteiger partial charge in [0.2, 0.25) is 0 Å². The van der Waals surface area contributed by atoms with Crippen molar-refractivity contribution >= 4 is 50.6 Å². The lowest BCUT2D eigenvalue weighted by Gasteiger charge is -2.10. The summed E-state index contributed by atoms with van der Waals surface area (Å²) in [4.78, 5) is 1.27. The molecule has 1 aromatic heterocycles. The van der Waals surface area contributed by atoms with Gasteiger partial charge in [-0.3, -0.25) is 0 Å². The van der Waals surface area contributed by atoms with Gasteiger partial charge < -0.3 is 5.32 Å². The van der Waals surface area contributed by atoms with Crippen LogP contribution in [-0.2, 0) is 6.54 Å². The van der Waals surface area contributed by atoms with E-state index in [2.05, 4.69) is 40.5 Å². The van der Waals surface area contributed by atoms with E-state index in [9.17, 15) is 0 Å². The fourth-order valence-corrected chi connectivity index (χ4v) is 3.42. The largest absolute Gasteiger partial charge is 0.309 e. The van der Waals surface area contributed by atoms with Crippen LogP contribution in [0.15, 0.2) is 10.5 Å². The molecule has 0 saturated carbocycles. The molecule has 1 aromatic rings. The van der Waals surface area contributed by atoms with E-state index in [1.165, 1.54) is 4.88 Å². The predicted octanol–water partition coefficient (Wildman–Crippen LogP) is 4.01. The number of hydrogen-bond donors (Lipinski definition) is 1. The summed E-state index contributed by atoms with van der Waals surface area (Å²) in [6.45, 7) is 3.10. The Hall–Kier alpha value is 0.780. The second-order valence-corrected chi connectivity index (χ2v) is 6.58. The Labute approximate surface area is 107 Å². The Morgan fingerprint density at radius 1 is 1.71 bits per heavy atom. The van der Waals surface area contributed by atoms with Crippen LogP contribution in [0.25, 0.3) is 0 Å². The summed E-state index contributed by atoms with van der Waals surface area (Å²) < 4.78 is 1.83. The van der Waals surface area contributed by atoms with Crippen molar-refractivity contribution in [2.75, 3.05) is 12.0 Å². The molecule has 14 heavy (non-hydrogen) atoms. The zero-order valence-corrected chi connectivity index (χ0v) is 12.1. The predicted molar refractivity (Wildman–Crippen MR) is 71.7 cm³/mol. The van der Waals surface area contributed by atoms with Crippen LogP contribution < -0.4 is 5.32 Å². The number of thiophene rings is 1. The third-order valence-corrected chi connectivity index (χ3v) is 5.05. The van der Waals surface area contributed by atoms with E-state index in [1.807, 2.05) is 11.8 Å². The SMILES string of the molecule is CSCC(C)NCc1cc(Br)c(Cl)s1. The first-order chi connectivity index (χ1) is 6.63. The molecular formula is C9H13BrClNS2. The second kappa shape index (κ2) is 6.38. The normalized spacial score (nSPS) is 13.1. The van der Waals surface area contributed by atoms with Gasteiger partial charge in [-0.15, -0.1) is 11.3 Å². The molecule has 0 aliphatic heterocycles. The first kappa shape index (κ1) is 12.8. The summed E-state index contributed by atoms with van der Waals surface area (Å²) in [6, 6.07) is 2.62. The minimum Gasteiger partial charge on any atom is -0.309 e. The van der Waals surface area contributed by atoms with Crippen LogP contribution in [0, 0.1) is 0 Å². The molecule has 1 nitrogen and oxygen atoms in total. The van der Waals surface area contributed by atoms with Crippen molar-refractivity contribution < 1.29 is 0 Å². The molecule has 0 aliphatic carbocycles. The van der Waals surface area contributed by atoms with Gasteiger partial charge in [0, 0.05) is 27.7 Å². The van der Waals surface area contributed by atoms with Gasteiger partial charge in [0.05, 0.1) is 0 Å². The van der Waals surface area contributed by atoms with Gasteiger partial charge in [0.1, 0.15) is 4.34 Å². The van der Waals surface area contributed by atoms with Crippen LogP contribution in [-0.4, -0.2) is 18.1 Å². The van der Waals surface area contributed by atoms with E-state index >= 15 is 0 Å². The zero-order valence-electron chi connectivity index (χ0n) is 8.14. The number of halogens is 2. The number of hydrogen-bond acceptors (Lipinski definition) is 3. The maximum atomic E-state index is 5.95. The lowest BCUT2D eigenvalue weighted by atomic mass is 10.3. The Kier molecular flexibility index (Phi) is 5.86. The fourth-order valence-electron chi connectivity index (χ4n) is 1.06. The minimum atomic E-state index is 0.546. The van der Waals surface area contributed by atoms with E-state index < -0.39 is 0 Å². The topological polar surface area (TPSA) is 12.0 Å². The zero-order chi connectivity index (χ0) is 10.6. The standard InChI is InChI=1S/C9H13BrClNS2/c1-6(5-13-2)12-4-7-3-8(10)9(11)14-7/h3,6,12H,4-5H2,1-2H3. The monoisotopic (exact) mass is 313 g/mol. The quantitative estimate of drug-likeness (QED) is 0.881. The Morgan fingerprint density at radius 3 is 2.93 bits per heavy atom. The minimum absolute atomic E-state index is 0.546. The second-order valence-electron chi connectivity index (χ2n) is 3.07. The van der Waals surface area contributed by atoms with Crippen molar-refractivity contribution in [1.82, 2.24) is 5.32 Å². The number of thioether (sulfide) groups is 1. The summed E-state index contributed by atoms with van der Waals surface area (Å²) >= 11 is 12.8. The van der Waals surface area contributed by atoms with Gasteiger partial charge in [-0.25, -0.2) is 0 Å². The fraction of sp³-hybridized carbons (Fsp3) is 0.556. The van der Waals surface area contributed by atoms with Crippen LogP contribution in [0.2, 0.25) is 4.34 Å². The molecule has 0 bridgehead atoms. The molecule has 1 heterocycles. The van der Waals surface area contributed by atoms with Crippen molar-refractivity contribution in [2.24, 2.45) is 0 Å². The molecule has 80 valence electrons. The molecule has 0 aromatic carbocycles. The van der Waals surface area contributed by atoms with Gasteiger partial charge in [0.25, 0.3) is 0 Å². The molecule has 0 aliphatic rings. The van der Waals surface area contributed by atoms with Gasteiger partial charge in [-0.05, 0) is 35.2 Å². The molecule has 5 heteroatoms. The molecule has 1 unspecified atom stereocenters. The van der Waals surface area contributed by atoms with Crippen LogP contribution in [0.5, 0.6) is 0 Å².